The highest BCUT2D eigenvalue weighted by Crippen LogP contribution is 2.38. The van der Waals surface area contributed by atoms with Crippen LogP contribution >= 0.6 is 0 Å². The lowest BCUT2D eigenvalue weighted by Crippen LogP contribution is -2.46. The Morgan fingerprint density at radius 2 is 1.62 bits per heavy atom. The van der Waals surface area contributed by atoms with Gasteiger partial charge < -0.3 is 14.4 Å². The number of hydrogen-bond donors (Lipinski definition) is 0. The Bertz CT molecular complexity index is 1350. The highest BCUT2D eigenvalue weighted by Gasteiger charge is 2.24. The van der Waals surface area contributed by atoms with E-state index in [4.69, 9.17) is 19.7 Å². The van der Waals surface area contributed by atoms with E-state index in [2.05, 4.69) is 34.8 Å². The Hall–Kier alpha value is -4.02. The predicted octanol–water partition coefficient (Wildman–Crippen LogP) is 4.85. The van der Waals surface area contributed by atoms with E-state index < -0.39 is 0 Å². The molecule has 2 atom stereocenters. The van der Waals surface area contributed by atoms with Crippen LogP contribution in [0.3, 0.4) is 0 Å². The standard InChI is InChI=1S/C27H25N5O2/c1-17-15-32(16-18(2)34-17)27-30-12-21(13-31-27)24-14-29-25-22(5-4-6-23(25)26(24)33-3)20-9-7-19(11-28)8-10-20/h4-10,12-14,17-18H,15-16H2,1-3H3/t17-,18+. The van der Waals surface area contributed by atoms with Crippen LogP contribution in [-0.2, 0) is 4.74 Å². The quantitative estimate of drug-likeness (QED) is 0.438. The van der Waals surface area contributed by atoms with Crippen molar-refractivity contribution in [3.05, 3.63) is 66.6 Å². The number of para-hydroxylation sites is 1. The topological polar surface area (TPSA) is 84.2 Å². The van der Waals surface area contributed by atoms with Gasteiger partial charge in [0, 0.05) is 53.8 Å². The summed E-state index contributed by atoms with van der Waals surface area (Å²) in [7, 11) is 1.67. The molecule has 5 rings (SSSR count). The SMILES string of the molecule is COc1c(-c2cnc(N3C[C@@H](C)O[C@@H](C)C3)nc2)cnc2c(-c3ccc(C#N)cc3)cccc12. The molecule has 0 unspecified atom stereocenters. The van der Waals surface area contributed by atoms with Gasteiger partial charge >= 0.3 is 0 Å². The summed E-state index contributed by atoms with van der Waals surface area (Å²) in [6.07, 6.45) is 5.74. The first-order valence-corrected chi connectivity index (χ1v) is 11.3. The van der Waals surface area contributed by atoms with Crippen molar-refractivity contribution in [1.82, 2.24) is 15.0 Å². The van der Waals surface area contributed by atoms with E-state index in [0.717, 1.165) is 52.0 Å². The van der Waals surface area contributed by atoms with Crippen LogP contribution in [0.4, 0.5) is 5.95 Å². The van der Waals surface area contributed by atoms with Gasteiger partial charge in [0.1, 0.15) is 5.75 Å². The highest BCUT2D eigenvalue weighted by molar-refractivity contribution is 6.00. The van der Waals surface area contributed by atoms with Crippen molar-refractivity contribution >= 4 is 16.9 Å². The number of anilines is 1. The fourth-order valence-electron chi connectivity index (χ4n) is 4.55. The van der Waals surface area contributed by atoms with Gasteiger partial charge in [-0.1, -0.05) is 24.3 Å². The number of pyridine rings is 1. The van der Waals surface area contributed by atoms with E-state index in [1.165, 1.54) is 0 Å². The molecule has 0 amide bonds. The number of rotatable bonds is 4. The smallest absolute Gasteiger partial charge is 0.225 e. The number of ether oxygens (including phenoxy) is 2. The van der Waals surface area contributed by atoms with Gasteiger partial charge in [-0.2, -0.15) is 5.26 Å². The summed E-state index contributed by atoms with van der Waals surface area (Å²) in [6.45, 7) is 5.66. The van der Waals surface area contributed by atoms with Gasteiger partial charge in [-0.25, -0.2) is 9.97 Å². The molecule has 2 aromatic heterocycles. The maximum atomic E-state index is 9.09. The number of aromatic nitrogens is 3. The molecule has 0 spiro atoms. The molecule has 4 aromatic rings. The first-order valence-electron chi connectivity index (χ1n) is 11.3. The van der Waals surface area contributed by atoms with Crippen LogP contribution in [0, 0.1) is 11.3 Å². The van der Waals surface area contributed by atoms with Gasteiger partial charge in [0.2, 0.25) is 5.95 Å². The van der Waals surface area contributed by atoms with Crippen molar-refractivity contribution in [3.63, 3.8) is 0 Å². The summed E-state index contributed by atoms with van der Waals surface area (Å²) >= 11 is 0. The normalized spacial score (nSPS) is 18.0. The van der Waals surface area contributed by atoms with E-state index >= 15 is 0 Å². The summed E-state index contributed by atoms with van der Waals surface area (Å²) in [6, 6.07) is 15.7. The average Bonchev–Trinajstić information content (AvgIpc) is 2.87. The molecule has 0 aliphatic carbocycles. The van der Waals surface area contributed by atoms with Gasteiger partial charge in [-0.05, 0) is 37.6 Å². The second-order valence-corrected chi connectivity index (χ2v) is 8.53. The molecule has 0 bridgehead atoms. The van der Waals surface area contributed by atoms with Gasteiger partial charge in [0.25, 0.3) is 0 Å². The third-order valence-electron chi connectivity index (χ3n) is 6.03. The fourth-order valence-corrected chi connectivity index (χ4v) is 4.55. The summed E-state index contributed by atoms with van der Waals surface area (Å²) in [4.78, 5) is 16.2. The Kier molecular flexibility index (Phi) is 5.83. The lowest BCUT2D eigenvalue weighted by atomic mass is 9.98. The molecular formula is C27H25N5O2. The molecule has 0 N–H and O–H groups in total. The van der Waals surface area contributed by atoms with Crippen molar-refractivity contribution < 1.29 is 9.47 Å². The van der Waals surface area contributed by atoms with Gasteiger partial charge in [-0.3, -0.25) is 4.98 Å². The number of hydrogen-bond acceptors (Lipinski definition) is 7. The van der Waals surface area contributed by atoms with Crippen molar-refractivity contribution in [2.24, 2.45) is 0 Å². The number of benzene rings is 2. The molecule has 1 saturated heterocycles. The van der Waals surface area contributed by atoms with Crippen LogP contribution < -0.4 is 9.64 Å². The van der Waals surface area contributed by atoms with E-state index in [9.17, 15) is 0 Å². The van der Waals surface area contributed by atoms with Crippen LogP contribution in [0.1, 0.15) is 19.4 Å². The zero-order chi connectivity index (χ0) is 23.7. The van der Waals surface area contributed by atoms with Crippen LogP contribution in [0.5, 0.6) is 5.75 Å². The van der Waals surface area contributed by atoms with E-state index in [-0.39, 0.29) is 12.2 Å². The van der Waals surface area contributed by atoms with Crippen molar-refractivity contribution in [2.75, 3.05) is 25.1 Å². The lowest BCUT2D eigenvalue weighted by molar-refractivity contribution is -0.00571. The minimum Gasteiger partial charge on any atom is -0.495 e. The fraction of sp³-hybridized carbons (Fsp3) is 0.259. The summed E-state index contributed by atoms with van der Waals surface area (Å²) in [5.41, 5.74) is 5.11. The molecule has 0 saturated carbocycles. The van der Waals surface area contributed by atoms with Crippen molar-refractivity contribution in [1.29, 1.82) is 5.26 Å². The summed E-state index contributed by atoms with van der Waals surface area (Å²) < 4.78 is 11.7. The molecule has 0 radical (unpaired) electrons. The van der Waals surface area contributed by atoms with E-state index in [1.807, 2.05) is 61.1 Å². The first-order chi connectivity index (χ1) is 16.6. The molecule has 1 aliphatic rings. The molecular weight excluding hydrogens is 426 g/mol. The maximum absolute atomic E-state index is 9.09. The molecule has 3 heterocycles. The summed E-state index contributed by atoms with van der Waals surface area (Å²) in [5, 5.41) is 10.00. The minimum absolute atomic E-state index is 0.141. The Labute approximate surface area is 198 Å². The third kappa shape index (κ3) is 4.04. The predicted molar refractivity (Wildman–Crippen MR) is 132 cm³/mol. The molecule has 170 valence electrons. The van der Waals surface area contributed by atoms with E-state index in [0.29, 0.717) is 11.5 Å². The second kappa shape index (κ2) is 9.08. The Morgan fingerprint density at radius 1 is 0.912 bits per heavy atom. The zero-order valence-corrected chi connectivity index (χ0v) is 19.4. The summed E-state index contributed by atoms with van der Waals surface area (Å²) in [5.74, 6) is 1.42. The number of nitrogens with zero attached hydrogens (tertiary/aromatic N) is 5. The van der Waals surface area contributed by atoms with Gasteiger partial charge in [0.05, 0.1) is 36.5 Å². The highest BCUT2D eigenvalue weighted by atomic mass is 16.5. The second-order valence-electron chi connectivity index (χ2n) is 8.53. The van der Waals surface area contributed by atoms with Crippen molar-refractivity contribution in [2.45, 2.75) is 26.1 Å². The Balaban J connectivity index is 1.52. The molecule has 7 heteroatoms. The maximum Gasteiger partial charge on any atom is 0.225 e. The van der Waals surface area contributed by atoms with E-state index in [1.54, 1.807) is 7.11 Å². The monoisotopic (exact) mass is 451 g/mol. The van der Waals surface area contributed by atoms with Gasteiger partial charge in [-0.15, -0.1) is 0 Å². The molecule has 1 fully saturated rings. The third-order valence-corrected chi connectivity index (χ3v) is 6.03. The van der Waals surface area contributed by atoms with Crippen LogP contribution in [0.15, 0.2) is 61.1 Å². The average molecular weight is 452 g/mol. The molecule has 2 aromatic carbocycles. The first kappa shape index (κ1) is 21.8. The minimum atomic E-state index is 0.141. The van der Waals surface area contributed by atoms with Crippen LogP contribution in [-0.4, -0.2) is 47.4 Å². The number of nitriles is 1. The van der Waals surface area contributed by atoms with Crippen molar-refractivity contribution in [3.8, 4) is 34.1 Å². The van der Waals surface area contributed by atoms with Crippen LogP contribution in [0.2, 0.25) is 0 Å². The zero-order valence-electron chi connectivity index (χ0n) is 19.4. The molecule has 1 aliphatic heterocycles. The Morgan fingerprint density at radius 3 is 2.26 bits per heavy atom. The largest absolute Gasteiger partial charge is 0.495 e. The van der Waals surface area contributed by atoms with Gasteiger partial charge in [0.15, 0.2) is 0 Å². The number of methoxy groups -OCH3 is 1. The number of morpholine rings is 1. The number of fused-ring (bicyclic) bond motifs is 1. The lowest BCUT2D eigenvalue weighted by Gasteiger charge is -2.35. The molecule has 7 nitrogen and oxygen atoms in total. The molecule has 34 heavy (non-hydrogen) atoms. The van der Waals surface area contributed by atoms with Crippen LogP contribution in [0.25, 0.3) is 33.2 Å².